The van der Waals surface area contributed by atoms with Crippen molar-refractivity contribution < 1.29 is 9.15 Å². The van der Waals surface area contributed by atoms with Crippen molar-refractivity contribution in [2.24, 2.45) is 0 Å². The highest BCUT2D eigenvalue weighted by atomic mass is 16.5. The minimum Gasteiger partial charge on any atom is -0.455 e. The van der Waals surface area contributed by atoms with Gasteiger partial charge >= 0.3 is 0 Å². The van der Waals surface area contributed by atoms with Crippen LogP contribution >= 0.6 is 0 Å². The van der Waals surface area contributed by atoms with Crippen LogP contribution in [-0.2, 0) is 11.3 Å². The highest BCUT2D eigenvalue weighted by Gasteiger charge is 2.21. The van der Waals surface area contributed by atoms with Crippen LogP contribution in [0.25, 0.3) is 17.2 Å². The molecule has 6 nitrogen and oxygen atoms in total. The van der Waals surface area contributed by atoms with Crippen LogP contribution in [0.2, 0.25) is 0 Å². The summed E-state index contributed by atoms with van der Waals surface area (Å²) in [6.07, 6.45) is 9.24. The summed E-state index contributed by atoms with van der Waals surface area (Å²) in [7, 11) is 0. The number of aryl methyl sites for hydroxylation is 1. The zero-order valence-electron chi connectivity index (χ0n) is 15.3. The van der Waals surface area contributed by atoms with E-state index in [0.717, 1.165) is 48.1 Å². The smallest absolute Gasteiger partial charge is 0.176 e. The van der Waals surface area contributed by atoms with E-state index in [1.165, 1.54) is 12.1 Å². The number of imidazole rings is 2. The molecule has 1 aliphatic heterocycles. The van der Waals surface area contributed by atoms with Gasteiger partial charge in [-0.25, -0.2) is 9.97 Å². The van der Waals surface area contributed by atoms with Crippen LogP contribution in [0, 0.1) is 6.92 Å². The van der Waals surface area contributed by atoms with E-state index in [-0.39, 0.29) is 6.10 Å². The molecular formula is C21H22N4O2. The van der Waals surface area contributed by atoms with Crippen LogP contribution in [0.1, 0.15) is 42.5 Å². The number of furan rings is 1. The molecule has 1 saturated heterocycles. The molecule has 0 aliphatic carbocycles. The van der Waals surface area contributed by atoms with Crippen molar-refractivity contribution in [2.45, 2.75) is 38.8 Å². The predicted octanol–water partition coefficient (Wildman–Crippen LogP) is 4.39. The molecule has 0 N–H and O–H groups in total. The highest BCUT2D eigenvalue weighted by molar-refractivity contribution is 5.48. The molecule has 6 heteroatoms. The number of rotatable bonds is 4. The number of hydrogen-bond acceptors (Lipinski definition) is 4. The first-order valence-corrected chi connectivity index (χ1v) is 9.44. The van der Waals surface area contributed by atoms with Gasteiger partial charge in [0.05, 0.1) is 12.2 Å². The molecule has 0 bridgehead atoms. The van der Waals surface area contributed by atoms with Gasteiger partial charge < -0.3 is 18.1 Å². The molecule has 0 aromatic carbocycles. The quantitative estimate of drug-likeness (QED) is 0.540. The molecule has 0 saturated carbocycles. The normalized spacial score (nSPS) is 17.6. The molecule has 0 spiro atoms. The second-order valence-electron chi connectivity index (χ2n) is 7.06. The van der Waals surface area contributed by atoms with Crippen LogP contribution in [0.4, 0.5) is 0 Å². The predicted molar refractivity (Wildman–Crippen MR) is 102 cm³/mol. The second kappa shape index (κ2) is 6.70. The zero-order chi connectivity index (χ0) is 18.2. The summed E-state index contributed by atoms with van der Waals surface area (Å²) >= 11 is 0. The fourth-order valence-corrected chi connectivity index (χ4v) is 3.72. The van der Waals surface area contributed by atoms with Gasteiger partial charge in [-0.05, 0) is 50.5 Å². The minimum atomic E-state index is 0.0670. The van der Waals surface area contributed by atoms with E-state index in [9.17, 15) is 0 Å². The van der Waals surface area contributed by atoms with Crippen molar-refractivity contribution >= 4 is 5.65 Å². The average Bonchev–Trinajstić information content (AvgIpc) is 3.42. The van der Waals surface area contributed by atoms with E-state index >= 15 is 0 Å². The molecule has 5 heterocycles. The summed E-state index contributed by atoms with van der Waals surface area (Å²) in [6.45, 7) is 3.54. The van der Waals surface area contributed by atoms with Gasteiger partial charge in [-0.2, -0.15) is 0 Å². The lowest BCUT2D eigenvalue weighted by Crippen LogP contribution is -2.10. The molecular weight excluding hydrogens is 340 g/mol. The van der Waals surface area contributed by atoms with Gasteiger partial charge in [0.1, 0.15) is 17.5 Å². The van der Waals surface area contributed by atoms with Crippen molar-refractivity contribution in [3.05, 3.63) is 66.1 Å². The van der Waals surface area contributed by atoms with Crippen LogP contribution in [0.15, 0.2) is 53.3 Å². The van der Waals surface area contributed by atoms with Gasteiger partial charge in [0.2, 0.25) is 0 Å². The molecule has 27 heavy (non-hydrogen) atoms. The van der Waals surface area contributed by atoms with E-state index in [0.29, 0.717) is 6.54 Å². The van der Waals surface area contributed by atoms with Gasteiger partial charge in [-0.3, -0.25) is 0 Å². The van der Waals surface area contributed by atoms with Crippen LogP contribution in [0.5, 0.6) is 0 Å². The summed E-state index contributed by atoms with van der Waals surface area (Å²) in [5.74, 6) is 2.47. The lowest BCUT2D eigenvalue weighted by atomic mass is 10.1. The standard InChI is InChI=1S/C21H22N4O2/c1-15-5-4-7-20-23-16(14-25(15)20)13-24-11-10-22-21(24)19-9-8-18(27-19)17-6-2-3-12-26-17/h4-5,7-11,14,17H,2-3,6,12-13H2,1H3/t17-/m0/s1. The number of ether oxygens (including phenoxy) is 1. The van der Waals surface area contributed by atoms with Gasteiger partial charge in [0, 0.05) is 30.9 Å². The maximum absolute atomic E-state index is 6.09. The van der Waals surface area contributed by atoms with E-state index in [1.807, 2.05) is 30.5 Å². The Labute approximate surface area is 157 Å². The topological polar surface area (TPSA) is 57.5 Å². The second-order valence-corrected chi connectivity index (χ2v) is 7.06. The Hall–Kier alpha value is -2.86. The maximum atomic E-state index is 6.09. The summed E-state index contributed by atoms with van der Waals surface area (Å²) in [6, 6.07) is 10.1. The van der Waals surface area contributed by atoms with Crippen molar-refractivity contribution in [1.82, 2.24) is 18.9 Å². The number of nitrogens with zero attached hydrogens (tertiary/aromatic N) is 4. The first kappa shape index (κ1) is 16.3. The molecule has 0 unspecified atom stereocenters. The third-order valence-electron chi connectivity index (χ3n) is 5.14. The fourth-order valence-electron chi connectivity index (χ4n) is 3.72. The Kier molecular flexibility index (Phi) is 4.05. The molecule has 5 rings (SSSR count). The summed E-state index contributed by atoms with van der Waals surface area (Å²) in [4.78, 5) is 9.23. The Bertz CT molecular complexity index is 1070. The lowest BCUT2D eigenvalue weighted by molar-refractivity contribution is 0.00218. The Morgan fingerprint density at radius 1 is 1.19 bits per heavy atom. The highest BCUT2D eigenvalue weighted by Crippen LogP contribution is 2.31. The summed E-state index contributed by atoms with van der Waals surface area (Å²) < 4.78 is 16.1. The third-order valence-corrected chi connectivity index (χ3v) is 5.14. The van der Waals surface area contributed by atoms with E-state index in [2.05, 4.69) is 33.1 Å². The van der Waals surface area contributed by atoms with E-state index < -0.39 is 0 Å². The van der Waals surface area contributed by atoms with Crippen molar-refractivity contribution in [2.75, 3.05) is 6.61 Å². The van der Waals surface area contributed by atoms with Crippen LogP contribution < -0.4 is 0 Å². The number of fused-ring (bicyclic) bond motifs is 1. The molecule has 4 aromatic rings. The summed E-state index contributed by atoms with van der Waals surface area (Å²) in [5.41, 5.74) is 3.12. The van der Waals surface area contributed by atoms with E-state index in [1.54, 1.807) is 6.20 Å². The third kappa shape index (κ3) is 3.06. The molecule has 138 valence electrons. The Morgan fingerprint density at radius 3 is 3.00 bits per heavy atom. The molecule has 1 aliphatic rings. The van der Waals surface area contributed by atoms with Gasteiger partial charge in [-0.1, -0.05) is 6.07 Å². The van der Waals surface area contributed by atoms with Crippen LogP contribution in [-0.4, -0.2) is 25.5 Å². The largest absolute Gasteiger partial charge is 0.455 e. The Morgan fingerprint density at radius 2 is 2.15 bits per heavy atom. The number of pyridine rings is 1. The van der Waals surface area contributed by atoms with Gasteiger partial charge in [0.25, 0.3) is 0 Å². The Balaban J connectivity index is 1.42. The maximum Gasteiger partial charge on any atom is 0.176 e. The monoisotopic (exact) mass is 362 g/mol. The van der Waals surface area contributed by atoms with Gasteiger partial charge in [0.15, 0.2) is 11.6 Å². The SMILES string of the molecule is Cc1cccc2nc(Cn3ccnc3-c3ccc([C@@H]4CCCCO4)o3)cn12. The zero-order valence-corrected chi connectivity index (χ0v) is 15.3. The molecule has 0 amide bonds. The number of hydrogen-bond donors (Lipinski definition) is 0. The molecule has 1 atom stereocenters. The van der Waals surface area contributed by atoms with Crippen molar-refractivity contribution in [3.63, 3.8) is 0 Å². The van der Waals surface area contributed by atoms with Crippen LogP contribution in [0.3, 0.4) is 0 Å². The van der Waals surface area contributed by atoms with E-state index in [4.69, 9.17) is 14.1 Å². The number of aromatic nitrogens is 4. The van der Waals surface area contributed by atoms with Gasteiger partial charge in [-0.15, -0.1) is 0 Å². The average molecular weight is 362 g/mol. The fraction of sp³-hybridized carbons (Fsp3) is 0.333. The molecule has 4 aromatic heterocycles. The molecule has 0 radical (unpaired) electrons. The summed E-state index contributed by atoms with van der Waals surface area (Å²) in [5, 5.41) is 0. The van der Waals surface area contributed by atoms with Crippen molar-refractivity contribution in [1.29, 1.82) is 0 Å². The van der Waals surface area contributed by atoms with Crippen molar-refractivity contribution in [3.8, 4) is 11.6 Å². The first-order chi connectivity index (χ1) is 13.3. The first-order valence-electron chi connectivity index (χ1n) is 9.44. The molecule has 1 fully saturated rings. The lowest BCUT2D eigenvalue weighted by Gasteiger charge is -2.20. The minimum absolute atomic E-state index is 0.0670.